The highest BCUT2D eigenvalue weighted by Crippen LogP contribution is 2.20. The minimum absolute atomic E-state index is 0.145. The second-order valence-electron chi connectivity index (χ2n) is 6.11. The number of likely N-dealkylation sites (tertiary alicyclic amines) is 1. The van der Waals surface area contributed by atoms with Gasteiger partial charge in [-0.25, -0.2) is 0 Å². The van der Waals surface area contributed by atoms with E-state index in [2.05, 4.69) is 23.3 Å². The van der Waals surface area contributed by atoms with Gasteiger partial charge < -0.3 is 9.67 Å². The Morgan fingerprint density at radius 2 is 2.10 bits per heavy atom. The molecule has 1 aromatic rings. The van der Waals surface area contributed by atoms with Crippen molar-refractivity contribution in [2.45, 2.75) is 59.0 Å². The summed E-state index contributed by atoms with van der Waals surface area (Å²) in [4.78, 5) is 14.8. The number of nitrogens with zero attached hydrogens (tertiary/aromatic N) is 2. The van der Waals surface area contributed by atoms with Crippen LogP contribution in [-0.4, -0.2) is 46.1 Å². The summed E-state index contributed by atoms with van der Waals surface area (Å²) in [5, 5.41) is 9.55. The van der Waals surface area contributed by atoms with Crippen molar-refractivity contribution in [2.75, 3.05) is 19.7 Å². The highest BCUT2D eigenvalue weighted by atomic mass is 16.3. The van der Waals surface area contributed by atoms with Crippen LogP contribution in [0.25, 0.3) is 0 Å². The molecule has 0 aromatic carbocycles. The molecular weight excluding hydrogens is 264 g/mol. The minimum Gasteiger partial charge on any atom is -0.395 e. The molecule has 0 bridgehead atoms. The average Bonchev–Trinajstić information content (AvgIpc) is 2.64. The molecule has 1 fully saturated rings. The van der Waals surface area contributed by atoms with Gasteiger partial charge in [-0.05, 0) is 46.2 Å². The van der Waals surface area contributed by atoms with Crippen molar-refractivity contribution in [3.8, 4) is 0 Å². The molecule has 0 aliphatic carbocycles. The first-order chi connectivity index (χ1) is 10.1. The highest BCUT2D eigenvalue weighted by Gasteiger charge is 2.24. The summed E-state index contributed by atoms with van der Waals surface area (Å²) in [6.07, 6.45) is 4.47. The van der Waals surface area contributed by atoms with Gasteiger partial charge >= 0.3 is 0 Å². The number of rotatable bonds is 5. The van der Waals surface area contributed by atoms with Gasteiger partial charge in [0, 0.05) is 29.5 Å². The molecule has 0 amide bonds. The van der Waals surface area contributed by atoms with Crippen LogP contribution in [0.1, 0.15) is 54.4 Å². The number of carbonyl (C=O) groups is 1. The lowest BCUT2D eigenvalue weighted by Crippen LogP contribution is -2.41. The van der Waals surface area contributed by atoms with Crippen LogP contribution in [-0.2, 0) is 6.54 Å². The first kappa shape index (κ1) is 16.2. The number of ketones is 1. The van der Waals surface area contributed by atoms with Gasteiger partial charge in [0.15, 0.2) is 5.78 Å². The standard InChI is InChI=1S/C17H28N2O2/c1-4-19-13(2)10-16(14(19)3)17(21)11-18-9-7-5-6-8-15(18)12-20/h10,15,20H,4-9,11-12H2,1-3H3. The van der Waals surface area contributed by atoms with E-state index in [0.29, 0.717) is 6.54 Å². The average molecular weight is 292 g/mol. The van der Waals surface area contributed by atoms with Crippen molar-refractivity contribution < 1.29 is 9.90 Å². The molecule has 2 rings (SSSR count). The van der Waals surface area contributed by atoms with E-state index in [-0.39, 0.29) is 18.4 Å². The van der Waals surface area contributed by atoms with Crippen LogP contribution in [0.2, 0.25) is 0 Å². The van der Waals surface area contributed by atoms with Crippen molar-refractivity contribution in [2.24, 2.45) is 0 Å². The zero-order chi connectivity index (χ0) is 15.4. The van der Waals surface area contributed by atoms with E-state index < -0.39 is 0 Å². The van der Waals surface area contributed by atoms with Gasteiger partial charge in [0.05, 0.1) is 13.2 Å². The predicted molar refractivity (Wildman–Crippen MR) is 84.8 cm³/mol. The molecule has 1 aliphatic heterocycles. The number of aliphatic hydroxyl groups is 1. The molecule has 0 radical (unpaired) electrons. The van der Waals surface area contributed by atoms with E-state index in [1.165, 1.54) is 6.42 Å². The van der Waals surface area contributed by atoms with Crippen molar-refractivity contribution in [1.82, 2.24) is 9.47 Å². The third-order valence-electron chi connectivity index (χ3n) is 4.75. The van der Waals surface area contributed by atoms with Gasteiger partial charge in [0.25, 0.3) is 0 Å². The van der Waals surface area contributed by atoms with Gasteiger partial charge in [0.2, 0.25) is 0 Å². The maximum atomic E-state index is 12.7. The Balaban J connectivity index is 2.13. The maximum absolute atomic E-state index is 12.7. The SMILES string of the molecule is CCn1c(C)cc(C(=O)CN2CCCCCC2CO)c1C. The largest absolute Gasteiger partial charge is 0.395 e. The summed E-state index contributed by atoms with van der Waals surface area (Å²) in [5.74, 6) is 0.183. The number of hydrogen-bond donors (Lipinski definition) is 1. The molecular formula is C17H28N2O2. The Bertz CT molecular complexity index is 493. The topological polar surface area (TPSA) is 45.5 Å². The fraction of sp³-hybridized carbons (Fsp3) is 0.706. The predicted octanol–water partition coefficient (Wildman–Crippen LogP) is 2.54. The molecule has 4 nitrogen and oxygen atoms in total. The second kappa shape index (κ2) is 7.23. The lowest BCUT2D eigenvalue weighted by molar-refractivity contribution is 0.0825. The smallest absolute Gasteiger partial charge is 0.178 e. The van der Waals surface area contributed by atoms with Crippen molar-refractivity contribution in [3.63, 3.8) is 0 Å². The van der Waals surface area contributed by atoms with E-state index in [0.717, 1.165) is 49.3 Å². The number of Topliss-reactive ketones (excluding diaryl/α,β-unsaturated/α-hetero) is 1. The Kier molecular flexibility index (Phi) is 5.59. The lowest BCUT2D eigenvalue weighted by Gasteiger charge is -2.27. The van der Waals surface area contributed by atoms with Crippen molar-refractivity contribution in [3.05, 3.63) is 23.0 Å². The summed E-state index contributed by atoms with van der Waals surface area (Å²) < 4.78 is 2.18. The van der Waals surface area contributed by atoms with E-state index in [1.807, 2.05) is 13.0 Å². The molecule has 0 saturated carbocycles. The van der Waals surface area contributed by atoms with E-state index in [4.69, 9.17) is 0 Å². The van der Waals surface area contributed by atoms with Gasteiger partial charge in [-0.3, -0.25) is 9.69 Å². The molecule has 2 heterocycles. The molecule has 1 aliphatic rings. The number of carbonyl (C=O) groups excluding carboxylic acids is 1. The fourth-order valence-electron chi connectivity index (χ4n) is 3.49. The molecule has 0 spiro atoms. The second-order valence-corrected chi connectivity index (χ2v) is 6.11. The van der Waals surface area contributed by atoms with Crippen LogP contribution in [0.5, 0.6) is 0 Å². The Hall–Kier alpha value is -1.13. The van der Waals surface area contributed by atoms with Crippen molar-refractivity contribution in [1.29, 1.82) is 0 Å². The first-order valence-electron chi connectivity index (χ1n) is 8.13. The number of aryl methyl sites for hydroxylation is 1. The molecule has 1 aromatic heterocycles. The Morgan fingerprint density at radius 3 is 2.71 bits per heavy atom. The highest BCUT2D eigenvalue weighted by molar-refractivity contribution is 5.99. The summed E-state index contributed by atoms with van der Waals surface area (Å²) in [5.41, 5.74) is 3.05. The summed E-state index contributed by atoms with van der Waals surface area (Å²) in [6.45, 7) is 8.58. The number of hydrogen-bond acceptors (Lipinski definition) is 3. The van der Waals surface area contributed by atoms with Gasteiger partial charge in [0.1, 0.15) is 0 Å². The number of aromatic nitrogens is 1. The Morgan fingerprint density at radius 1 is 1.33 bits per heavy atom. The summed E-state index contributed by atoms with van der Waals surface area (Å²) >= 11 is 0. The third kappa shape index (κ3) is 3.55. The van der Waals surface area contributed by atoms with Gasteiger partial charge in [-0.15, -0.1) is 0 Å². The Labute approximate surface area is 127 Å². The van der Waals surface area contributed by atoms with Crippen LogP contribution in [0.15, 0.2) is 6.07 Å². The van der Waals surface area contributed by atoms with Crippen LogP contribution >= 0.6 is 0 Å². The summed E-state index contributed by atoms with van der Waals surface area (Å²) in [6, 6.07) is 2.15. The zero-order valence-corrected chi connectivity index (χ0v) is 13.6. The molecule has 21 heavy (non-hydrogen) atoms. The third-order valence-corrected chi connectivity index (χ3v) is 4.75. The van der Waals surface area contributed by atoms with Crippen LogP contribution in [0.3, 0.4) is 0 Å². The van der Waals surface area contributed by atoms with Crippen LogP contribution < -0.4 is 0 Å². The molecule has 1 N–H and O–H groups in total. The zero-order valence-electron chi connectivity index (χ0n) is 13.6. The minimum atomic E-state index is 0.145. The van der Waals surface area contributed by atoms with Crippen molar-refractivity contribution >= 4 is 5.78 Å². The maximum Gasteiger partial charge on any atom is 0.178 e. The van der Waals surface area contributed by atoms with Crippen LogP contribution in [0, 0.1) is 13.8 Å². The monoisotopic (exact) mass is 292 g/mol. The molecule has 118 valence electrons. The first-order valence-corrected chi connectivity index (χ1v) is 8.13. The number of aliphatic hydroxyl groups excluding tert-OH is 1. The van der Waals surface area contributed by atoms with E-state index in [1.54, 1.807) is 0 Å². The van der Waals surface area contributed by atoms with Crippen LogP contribution in [0.4, 0.5) is 0 Å². The molecule has 4 heteroatoms. The van der Waals surface area contributed by atoms with Gasteiger partial charge in [-0.2, -0.15) is 0 Å². The van der Waals surface area contributed by atoms with E-state index in [9.17, 15) is 9.90 Å². The fourth-order valence-corrected chi connectivity index (χ4v) is 3.49. The molecule has 1 saturated heterocycles. The van der Waals surface area contributed by atoms with E-state index >= 15 is 0 Å². The summed E-state index contributed by atoms with van der Waals surface area (Å²) in [7, 11) is 0. The normalized spacial score (nSPS) is 20.5. The molecule has 1 unspecified atom stereocenters. The molecule has 1 atom stereocenters. The van der Waals surface area contributed by atoms with Gasteiger partial charge in [-0.1, -0.05) is 12.8 Å². The quantitative estimate of drug-likeness (QED) is 0.848. The lowest BCUT2D eigenvalue weighted by atomic mass is 10.1.